The van der Waals surface area contributed by atoms with E-state index in [1.54, 1.807) is 30.3 Å². The number of nitrogen functional groups attached to an aromatic ring is 1. The Morgan fingerprint density at radius 2 is 1.28 bits per heavy atom. The Balaban J connectivity index is 2.17. The first-order valence-electron chi connectivity index (χ1n) is 8.84. The minimum absolute atomic E-state index is 0.0296. The van der Waals surface area contributed by atoms with Crippen LogP contribution in [-0.2, 0) is 20.2 Å². The molecule has 0 saturated heterocycles. The lowest BCUT2D eigenvalue weighted by atomic mass is 10.1. The molecule has 0 aliphatic rings. The summed E-state index contributed by atoms with van der Waals surface area (Å²) in [6.45, 7) is 1.38. The van der Waals surface area contributed by atoms with Gasteiger partial charge in [0.1, 0.15) is 26.9 Å². The molecule has 32 heavy (non-hydrogen) atoms. The standard InChI is InChI=1S/C19H17N5O6S2/c1-12-17(32(28,29)30)11-15(18(20)19(12)24-21-13-7-3-2-4-8-13)23-22-14-9-5-6-10-16(14)31(25,26)27/h2-11H,20H2,1H3,(H,25,26,27)(H,28,29,30). The number of hydrogen-bond donors (Lipinski definition) is 3. The van der Waals surface area contributed by atoms with Crippen LogP contribution in [0.1, 0.15) is 5.56 Å². The van der Waals surface area contributed by atoms with Crippen LogP contribution >= 0.6 is 0 Å². The molecule has 0 heterocycles. The summed E-state index contributed by atoms with van der Waals surface area (Å²) < 4.78 is 65.7. The van der Waals surface area contributed by atoms with Crippen LogP contribution in [0.2, 0.25) is 0 Å². The molecule has 0 aromatic heterocycles. The number of hydrogen-bond acceptors (Lipinski definition) is 9. The highest BCUT2D eigenvalue weighted by molar-refractivity contribution is 7.86. The van der Waals surface area contributed by atoms with Gasteiger partial charge in [-0.25, -0.2) is 0 Å². The normalized spacial score (nSPS) is 12.6. The van der Waals surface area contributed by atoms with Crippen molar-refractivity contribution in [1.82, 2.24) is 0 Å². The minimum Gasteiger partial charge on any atom is -0.395 e. The molecule has 3 aromatic rings. The van der Waals surface area contributed by atoms with Gasteiger partial charge in [0.05, 0.1) is 11.4 Å². The van der Waals surface area contributed by atoms with E-state index < -0.39 is 30.0 Å². The maximum atomic E-state index is 11.9. The molecule has 0 fully saturated rings. The molecule has 166 valence electrons. The van der Waals surface area contributed by atoms with Crippen molar-refractivity contribution in [3.63, 3.8) is 0 Å². The van der Waals surface area contributed by atoms with Crippen molar-refractivity contribution < 1.29 is 25.9 Å². The Hall–Kier alpha value is -3.52. The van der Waals surface area contributed by atoms with Gasteiger partial charge in [-0.05, 0) is 42.8 Å². The van der Waals surface area contributed by atoms with Crippen LogP contribution in [0.5, 0.6) is 0 Å². The average Bonchev–Trinajstić information content (AvgIpc) is 2.72. The zero-order valence-corrected chi connectivity index (χ0v) is 18.1. The molecule has 0 aliphatic carbocycles. The first kappa shape index (κ1) is 23.1. The lowest BCUT2D eigenvalue weighted by molar-refractivity contribution is 0.481. The molecule has 0 unspecified atom stereocenters. The van der Waals surface area contributed by atoms with Crippen LogP contribution in [0, 0.1) is 6.92 Å². The van der Waals surface area contributed by atoms with Crippen molar-refractivity contribution in [3.05, 3.63) is 66.2 Å². The monoisotopic (exact) mass is 475 g/mol. The van der Waals surface area contributed by atoms with Crippen LogP contribution in [0.3, 0.4) is 0 Å². The van der Waals surface area contributed by atoms with E-state index in [0.717, 1.165) is 12.1 Å². The van der Waals surface area contributed by atoms with Crippen molar-refractivity contribution in [1.29, 1.82) is 0 Å². The molecule has 0 saturated carbocycles. The summed E-state index contributed by atoms with van der Waals surface area (Å²) in [5.41, 5.74) is 5.99. The average molecular weight is 476 g/mol. The fraction of sp³-hybridized carbons (Fsp3) is 0.0526. The lowest BCUT2D eigenvalue weighted by Crippen LogP contribution is -2.03. The molecule has 0 amide bonds. The zero-order valence-electron chi connectivity index (χ0n) is 16.5. The molecule has 0 radical (unpaired) electrons. The van der Waals surface area contributed by atoms with Gasteiger partial charge in [0.2, 0.25) is 0 Å². The molecule has 4 N–H and O–H groups in total. The van der Waals surface area contributed by atoms with Gasteiger partial charge in [0, 0.05) is 0 Å². The van der Waals surface area contributed by atoms with Crippen LogP contribution in [0.4, 0.5) is 28.4 Å². The summed E-state index contributed by atoms with van der Waals surface area (Å²) in [5.74, 6) is 0. The minimum atomic E-state index is -4.69. The SMILES string of the molecule is Cc1c(S(=O)(=O)O)cc(N=Nc2ccccc2S(=O)(=O)O)c(N)c1N=Nc1ccccc1. The fourth-order valence-corrected chi connectivity index (χ4v) is 4.07. The highest BCUT2D eigenvalue weighted by Gasteiger charge is 2.22. The van der Waals surface area contributed by atoms with Crippen molar-refractivity contribution in [2.75, 3.05) is 5.73 Å². The van der Waals surface area contributed by atoms with Gasteiger partial charge >= 0.3 is 0 Å². The molecule has 3 aromatic carbocycles. The van der Waals surface area contributed by atoms with Gasteiger partial charge in [0.25, 0.3) is 20.2 Å². The Morgan fingerprint density at radius 1 is 0.719 bits per heavy atom. The highest BCUT2D eigenvalue weighted by Crippen LogP contribution is 2.41. The van der Waals surface area contributed by atoms with Gasteiger partial charge < -0.3 is 5.73 Å². The number of benzene rings is 3. The molecule has 3 rings (SSSR count). The number of azo groups is 2. The first-order valence-corrected chi connectivity index (χ1v) is 11.7. The topological polar surface area (TPSA) is 184 Å². The highest BCUT2D eigenvalue weighted by atomic mass is 32.2. The molecule has 0 bridgehead atoms. The summed E-state index contributed by atoms with van der Waals surface area (Å²) in [6.07, 6.45) is 0. The molecule has 0 atom stereocenters. The van der Waals surface area contributed by atoms with Crippen molar-refractivity contribution >= 4 is 48.7 Å². The second-order valence-corrected chi connectivity index (χ2v) is 9.21. The first-order chi connectivity index (χ1) is 15.0. The predicted molar refractivity (Wildman–Crippen MR) is 116 cm³/mol. The third-order valence-corrected chi connectivity index (χ3v) is 6.11. The van der Waals surface area contributed by atoms with E-state index in [2.05, 4.69) is 20.5 Å². The maximum Gasteiger partial charge on any atom is 0.296 e. The van der Waals surface area contributed by atoms with E-state index in [1.165, 1.54) is 25.1 Å². The number of anilines is 1. The summed E-state index contributed by atoms with van der Waals surface area (Å²) in [5, 5.41) is 15.6. The van der Waals surface area contributed by atoms with Gasteiger partial charge in [-0.3, -0.25) is 9.11 Å². The Labute approximate surface area is 183 Å². The Morgan fingerprint density at radius 3 is 1.91 bits per heavy atom. The van der Waals surface area contributed by atoms with E-state index in [0.29, 0.717) is 5.69 Å². The third-order valence-electron chi connectivity index (χ3n) is 4.23. The van der Waals surface area contributed by atoms with Crippen LogP contribution < -0.4 is 5.73 Å². The van der Waals surface area contributed by atoms with Crippen molar-refractivity contribution in [2.45, 2.75) is 16.7 Å². The lowest BCUT2D eigenvalue weighted by Gasteiger charge is -2.11. The molecule has 11 nitrogen and oxygen atoms in total. The van der Waals surface area contributed by atoms with Gasteiger partial charge in [0.15, 0.2) is 0 Å². The summed E-state index contributed by atoms with van der Waals surface area (Å²) in [4.78, 5) is -1.03. The van der Waals surface area contributed by atoms with Crippen LogP contribution in [0.25, 0.3) is 0 Å². The summed E-state index contributed by atoms with van der Waals surface area (Å²) >= 11 is 0. The van der Waals surface area contributed by atoms with E-state index in [9.17, 15) is 25.9 Å². The molecular formula is C19H17N5O6S2. The van der Waals surface area contributed by atoms with Crippen LogP contribution in [0.15, 0.2) is 90.9 Å². The maximum absolute atomic E-state index is 11.9. The van der Waals surface area contributed by atoms with Crippen molar-refractivity contribution in [2.24, 2.45) is 20.5 Å². The summed E-state index contributed by atoms with van der Waals surface area (Å²) in [7, 11) is -9.28. The second-order valence-electron chi connectivity index (χ2n) is 6.43. The quantitative estimate of drug-likeness (QED) is 0.257. The Kier molecular flexibility index (Phi) is 6.45. The number of nitrogens with zero attached hydrogens (tertiary/aromatic N) is 4. The third kappa shape index (κ3) is 5.20. The molecular weight excluding hydrogens is 458 g/mol. The second kappa shape index (κ2) is 8.92. The number of rotatable bonds is 6. The molecule has 13 heteroatoms. The van der Waals surface area contributed by atoms with Gasteiger partial charge in [-0.1, -0.05) is 30.3 Å². The molecule has 0 spiro atoms. The Bertz CT molecular complexity index is 1440. The van der Waals surface area contributed by atoms with E-state index in [-0.39, 0.29) is 28.3 Å². The fourth-order valence-electron chi connectivity index (χ4n) is 2.70. The predicted octanol–water partition coefficient (Wildman–Crippen LogP) is 4.90. The van der Waals surface area contributed by atoms with Crippen LogP contribution in [-0.4, -0.2) is 25.9 Å². The van der Waals surface area contributed by atoms with Gasteiger partial charge in [-0.15, -0.1) is 15.3 Å². The van der Waals surface area contributed by atoms with Gasteiger partial charge in [-0.2, -0.15) is 21.9 Å². The van der Waals surface area contributed by atoms with E-state index >= 15 is 0 Å². The van der Waals surface area contributed by atoms with E-state index in [1.807, 2.05) is 0 Å². The number of nitrogens with two attached hydrogens (primary N) is 1. The van der Waals surface area contributed by atoms with E-state index in [4.69, 9.17) is 5.73 Å². The van der Waals surface area contributed by atoms with Crippen molar-refractivity contribution in [3.8, 4) is 0 Å². The largest absolute Gasteiger partial charge is 0.395 e. The smallest absolute Gasteiger partial charge is 0.296 e. The molecule has 0 aliphatic heterocycles. The zero-order chi connectivity index (χ0) is 23.5. The summed E-state index contributed by atoms with van der Waals surface area (Å²) in [6, 6.07) is 14.8.